The van der Waals surface area contributed by atoms with Crippen molar-refractivity contribution in [1.29, 1.82) is 0 Å². The van der Waals surface area contributed by atoms with Crippen molar-refractivity contribution in [1.82, 2.24) is 0 Å². The van der Waals surface area contributed by atoms with Crippen LogP contribution in [0.1, 0.15) is 6.92 Å². The van der Waals surface area contributed by atoms with Crippen molar-refractivity contribution < 1.29 is 13.2 Å². The summed E-state index contributed by atoms with van der Waals surface area (Å²) in [5, 5.41) is 2.72. The Hall–Kier alpha value is -2.34. The molecule has 0 aliphatic heterocycles. The minimum Gasteiger partial charge on any atom is -0.324 e. The van der Waals surface area contributed by atoms with Gasteiger partial charge in [0.1, 0.15) is 6.04 Å². The minimum atomic E-state index is -3.58. The van der Waals surface area contributed by atoms with Crippen LogP contribution < -0.4 is 9.62 Å². The van der Waals surface area contributed by atoms with E-state index < -0.39 is 16.1 Å². The average Bonchev–Trinajstić information content (AvgIpc) is 2.48. The molecule has 0 fully saturated rings. The predicted molar refractivity (Wildman–Crippen MR) is 88.3 cm³/mol. The normalized spacial score (nSPS) is 12.5. The van der Waals surface area contributed by atoms with Crippen LogP contribution in [-0.4, -0.2) is 26.6 Å². The summed E-state index contributed by atoms with van der Waals surface area (Å²) in [7, 11) is -3.58. The van der Waals surface area contributed by atoms with Crippen LogP contribution in [0.3, 0.4) is 0 Å². The number of carbonyl (C=O) groups is 1. The molecule has 0 saturated heterocycles. The molecule has 0 bridgehead atoms. The Morgan fingerprint density at radius 2 is 1.50 bits per heavy atom. The lowest BCUT2D eigenvalue weighted by Gasteiger charge is -2.28. The number of sulfonamides is 1. The van der Waals surface area contributed by atoms with E-state index in [4.69, 9.17) is 0 Å². The number of hydrogen-bond acceptors (Lipinski definition) is 3. The van der Waals surface area contributed by atoms with Crippen molar-refractivity contribution in [2.24, 2.45) is 0 Å². The van der Waals surface area contributed by atoms with E-state index in [0.717, 1.165) is 10.6 Å². The summed E-state index contributed by atoms with van der Waals surface area (Å²) < 4.78 is 25.3. The Kier molecular flexibility index (Phi) is 4.82. The molecule has 22 heavy (non-hydrogen) atoms. The number of amides is 1. The number of rotatable bonds is 5. The van der Waals surface area contributed by atoms with Crippen LogP contribution >= 0.6 is 0 Å². The molecular formula is C16H18N2O3S. The van der Waals surface area contributed by atoms with Crippen LogP contribution in [-0.2, 0) is 14.8 Å². The number of benzene rings is 2. The smallest absolute Gasteiger partial charge is 0.247 e. The lowest BCUT2D eigenvalue weighted by molar-refractivity contribution is -0.116. The van der Waals surface area contributed by atoms with Crippen molar-refractivity contribution in [3.8, 4) is 0 Å². The fraction of sp³-hybridized carbons (Fsp3) is 0.188. The topological polar surface area (TPSA) is 66.5 Å². The Morgan fingerprint density at radius 3 is 2.00 bits per heavy atom. The van der Waals surface area contributed by atoms with E-state index >= 15 is 0 Å². The Bertz CT molecular complexity index is 731. The van der Waals surface area contributed by atoms with Gasteiger partial charge in [0.25, 0.3) is 0 Å². The van der Waals surface area contributed by atoms with Gasteiger partial charge < -0.3 is 5.32 Å². The molecule has 0 spiro atoms. The molecule has 0 aliphatic carbocycles. The second kappa shape index (κ2) is 6.62. The first-order valence-corrected chi connectivity index (χ1v) is 8.65. The maximum absolute atomic E-state index is 12.4. The lowest BCUT2D eigenvalue weighted by atomic mass is 10.2. The quantitative estimate of drug-likeness (QED) is 0.921. The highest BCUT2D eigenvalue weighted by Gasteiger charge is 2.28. The molecule has 2 aromatic rings. The summed E-state index contributed by atoms with van der Waals surface area (Å²) in [6.07, 6.45) is 1.09. The molecule has 0 aliphatic rings. The third-order valence-electron chi connectivity index (χ3n) is 3.14. The van der Waals surface area contributed by atoms with Crippen molar-refractivity contribution in [2.45, 2.75) is 13.0 Å². The van der Waals surface area contributed by atoms with Gasteiger partial charge in [-0.3, -0.25) is 9.10 Å². The van der Waals surface area contributed by atoms with Crippen molar-refractivity contribution in [3.63, 3.8) is 0 Å². The molecule has 1 atom stereocenters. The zero-order valence-electron chi connectivity index (χ0n) is 12.4. The van der Waals surface area contributed by atoms with Crippen molar-refractivity contribution in [2.75, 3.05) is 15.9 Å². The molecule has 0 unspecified atom stereocenters. The van der Waals surface area contributed by atoms with Crippen LogP contribution in [0.25, 0.3) is 0 Å². The number of nitrogens with zero attached hydrogens (tertiary/aromatic N) is 1. The van der Waals surface area contributed by atoms with Gasteiger partial charge in [-0.1, -0.05) is 36.4 Å². The van der Waals surface area contributed by atoms with Gasteiger partial charge in [-0.2, -0.15) is 0 Å². The Morgan fingerprint density at radius 1 is 1.00 bits per heavy atom. The molecule has 5 nitrogen and oxygen atoms in total. The first-order valence-electron chi connectivity index (χ1n) is 6.80. The summed E-state index contributed by atoms with van der Waals surface area (Å²) in [6.45, 7) is 1.56. The fourth-order valence-corrected chi connectivity index (χ4v) is 3.33. The van der Waals surface area contributed by atoms with Crippen molar-refractivity contribution >= 4 is 27.3 Å². The standard InChI is InChI=1S/C16H18N2O3S/c1-13(16(19)17-14-9-5-3-6-10-14)18(22(2,20)21)15-11-7-4-8-12-15/h3-13H,1-2H3,(H,17,19)/t13-/m1/s1. The van der Waals surface area contributed by atoms with E-state index in [1.54, 1.807) is 61.5 Å². The van der Waals surface area contributed by atoms with E-state index in [1.807, 2.05) is 6.07 Å². The zero-order valence-corrected chi connectivity index (χ0v) is 13.2. The summed E-state index contributed by atoms with van der Waals surface area (Å²) in [5.41, 5.74) is 1.08. The number of para-hydroxylation sites is 2. The van der Waals surface area contributed by atoms with Crippen LogP contribution in [0.2, 0.25) is 0 Å². The second-order valence-electron chi connectivity index (χ2n) is 4.93. The predicted octanol–water partition coefficient (Wildman–Crippen LogP) is 2.48. The monoisotopic (exact) mass is 318 g/mol. The van der Waals surface area contributed by atoms with E-state index in [1.165, 1.54) is 0 Å². The molecule has 2 rings (SSSR count). The fourth-order valence-electron chi connectivity index (χ4n) is 2.15. The maximum Gasteiger partial charge on any atom is 0.247 e. The summed E-state index contributed by atoms with van der Waals surface area (Å²) in [5.74, 6) is -0.388. The van der Waals surface area contributed by atoms with Gasteiger partial charge in [0.2, 0.25) is 15.9 Å². The van der Waals surface area contributed by atoms with Gasteiger partial charge in [0.05, 0.1) is 11.9 Å². The lowest BCUT2D eigenvalue weighted by Crippen LogP contribution is -2.45. The number of anilines is 2. The van der Waals surface area contributed by atoms with Gasteiger partial charge in [0.15, 0.2) is 0 Å². The molecule has 2 aromatic carbocycles. The van der Waals surface area contributed by atoms with Gasteiger partial charge in [-0.15, -0.1) is 0 Å². The Balaban J connectivity index is 2.27. The molecule has 6 heteroatoms. The van der Waals surface area contributed by atoms with Crippen LogP contribution in [0.15, 0.2) is 60.7 Å². The van der Waals surface area contributed by atoms with Crippen LogP contribution in [0.4, 0.5) is 11.4 Å². The van der Waals surface area contributed by atoms with E-state index in [-0.39, 0.29) is 5.91 Å². The van der Waals surface area contributed by atoms with Gasteiger partial charge in [0, 0.05) is 5.69 Å². The zero-order chi connectivity index (χ0) is 16.2. The highest BCUT2D eigenvalue weighted by Crippen LogP contribution is 2.21. The third-order valence-corrected chi connectivity index (χ3v) is 4.38. The van der Waals surface area contributed by atoms with Gasteiger partial charge >= 0.3 is 0 Å². The Labute approximate surface area is 130 Å². The highest BCUT2D eigenvalue weighted by atomic mass is 32.2. The molecule has 0 radical (unpaired) electrons. The minimum absolute atomic E-state index is 0.388. The molecule has 0 saturated carbocycles. The van der Waals surface area contributed by atoms with Gasteiger partial charge in [-0.25, -0.2) is 8.42 Å². The molecule has 0 heterocycles. The maximum atomic E-state index is 12.4. The van der Waals surface area contributed by atoms with Gasteiger partial charge in [-0.05, 0) is 31.2 Å². The number of carbonyl (C=O) groups excluding carboxylic acids is 1. The summed E-state index contributed by atoms with van der Waals surface area (Å²) in [6, 6.07) is 16.6. The molecule has 116 valence electrons. The molecule has 0 aromatic heterocycles. The second-order valence-corrected chi connectivity index (χ2v) is 6.79. The SMILES string of the molecule is C[C@H](C(=O)Nc1ccccc1)N(c1ccccc1)S(C)(=O)=O. The van der Waals surface area contributed by atoms with E-state index in [0.29, 0.717) is 11.4 Å². The first-order chi connectivity index (χ1) is 10.4. The largest absolute Gasteiger partial charge is 0.324 e. The molecule has 1 N–H and O–H groups in total. The first kappa shape index (κ1) is 16.0. The van der Waals surface area contributed by atoms with E-state index in [2.05, 4.69) is 5.32 Å². The highest BCUT2D eigenvalue weighted by molar-refractivity contribution is 7.92. The van der Waals surface area contributed by atoms with Crippen LogP contribution in [0.5, 0.6) is 0 Å². The van der Waals surface area contributed by atoms with Crippen LogP contribution in [0, 0.1) is 0 Å². The number of nitrogens with one attached hydrogen (secondary N) is 1. The number of hydrogen-bond donors (Lipinski definition) is 1. The molecular weight excluding hydrogens is 300 g/mol. The average molecular weight is 318 g/mol. The molecule has 1 amide bonds. The van der Waals surface area contributed by atoms with E-state index in [9.17, 15) is 13.2 Å². The van der Waals surface area contributed by atoms with Crippen molar-refractivity contribution in [3.05, 3.63) is 60.7 Å². The summed E-state index contributed by atoms with van der Waals surface area (Å²) in [4.78, 5) is 12.4. The summed E-state index contributed by atoms with van der Waals surface area (Å²) >= 11 is 0. The third kappa shape index (κ3) is 3.85.